The molecule has 2 N–H and O–H groups in total. The SMILES string of the molecule is COCCNCCNC(=O)c1sc(-c2cccc(Cl)c2)nc1C. The highest BCUT2D eigenvalue weighted by molar-refractivity contribution is 7.17. The molecular formula is C16H20ClN3O2S. The van der Waals surface area contributed by atoms with Crippen molar-refractivity contribution in [3.63, 3.8) is 0 Å². The maximum absolute atomic E-state index is 12.2. The van der Waals surface area contributed by atoms with Crippen molar-refractivity contribution >= 4 is 28.8 Å². The van der Waals surface area contributed by atoms with Gasteiger partial charge in [0.2, 0.25) is 0 Å². The molecular weight excluding hydrogens is 334 g/mol. The highest BCUT2D eigenvalue weighted by Gasteiger charge is 2.15. The second kappa shape index (κ2) is 8.98. The molecule has 0 aliphatic rings. The van der Waals surface area contributed by atoms with E-state index in [1.54, 1.807) is 7.11 Å². The average Bonchev–Trinajstić information content (AvgIpc) is 2.92. The van der Waals surface area contributed by atoms with Gasteiger partial charge >= 0.3 is 0 Å². The number of nitrogens with zero attached hydrogens (tertiary/aromatic N) is 1. The van der Waals surface area contributed by atoms with E-state index in [2.05, 4.69) is 15.6 Å². The fourth-order valence-electron chi connectivity index (χ4n) is 2.00. The smallest absolute Gasteiger partial charge is 0.263 e. The zero-order chi connectivity index (χ0) is 16.7. The number of aryl methyl sites for hydroxylation is 1. The fraction of sp³-hybridized carbons (Fsp3) is 0.375. The minimum Gasteiger partial charge on any atom is -0.383 e. The van der Waals surface area contributed by atoms with E-state index in [1.807, 2.05) is 31.2 Å². The van der Waals surface area contributed by atoms with Crippen LogP contribution in [0.4, 0.5) is 0 Å². The second-order valence-electron chi connectivity index (χ2n) is 4.94. The van der Waals surface area contributed by atoms with Gasteiger partial charge in [-0.3, -0.25) is 4.79 Å². The first-order valence-electron chi connectivity index (χ1n) is 7.33. The molecule has 1 heterocycles. The summed E-state index contributed by atoms with van der Waals surface area (Å²) >= 11 is 7.39. The largest absolute Gasteiger partial charge is 0.383 e. The summed E-state index contributed by atoms with van der Waals surface area (Å²) in [5.41, 5.74) is 1.65. The molecule has 0 saturated carbocycles. The van der Waals surface area contributed by atoms with E-state index in [4.69, 9.17) is 16.3 Å². The highest BCUT2D eigenvalue weighted by Crippen LogP contribution is 2.29. The third-order valence-electron chi connectivity index (χ3n) is 3.14. The maximum atomic E-state index is 12.2. The first kappa shape index (κ1) is 17.9. The van der Waals surface area contributed by atoms with E-state index in [1.165, 1.54) is 11.3 Å². The van der Waals surface area contributed by atoms with Gasteiger partial charge in [-0.25, -0.2) is 4.98 Å². The number of rotatable bonds is 8. The predicted molar refractivity (Wildman–Crippen MR) is 94.4 cm³/mol. The number of methoxy groups -OCH3 is 1. The minimum atomic E-state index is -0.0955. The average molecular weight is 354 g/mol. The van der Waals surface area contributed by atoms with E-state index in [-0.39, 0.29) is 5.91 Å². The lowest BCUT2D eigenvalue weighted by atomic mass is 10.2. The third kappa shape index (κ3) is 5.28. The Morgan fingerprint density at radius 1 is 1.35 bits per heavy atom. The van der Waals surface area contributed by atoms with Crippen LogP contribution in [0.15, 0.2) is 24.3 Å². The molecule has 1 amide bonds. The van der Waals surface area contributed by atoms with Crippen molar-refractivity contribution in [2.45, 2.75) is 6.92 Å². The molecule has 23 heavy (non-hydrogen) atoms. The Balaban J connectivity index is 1.94. The van der Waals surface area contributed by atoms with Crippen molar-refractivity contribution in [1.82, 2.24) is 15.6 Å². The molecule has 0 fully saturated rings. The molecule has 0 aliphatic heterocycles. The maximum Gasteiger partial charge on any atom is 0.263 e. The molecule has 2 rings (SSSR count). The van der Waals surface area contributed by atoms with Crippen LogP contribution < -0.4 is 10.6 Å². The van der Waals surface area contributed by atoms with Crippen LogP contribution in [0.1, 0.15) is 15.4 Å². The standard InChI is InChI=1S/C16H20ClN3O2S/c1-11-14(15(21)19-7-6-18-8-9-22-2)23-16(20-11)12-4-3-5-13(17)10-12/h3-5,10,18H,6-9H2,1-2H3,(H,19,21). The number of hydrogen-bond acceptors (Lipinski definition) is 5. The van der Waals surface area contributed by atoms with Crippen LogP contribution in [0, 0.1) is 6.92 Å². The third-order valence-corrected chi connectivity index (χ3v) is 4.59. The van der Waals surface area contributed by atoms with Gasteiger partial charge in [-0.15, -0.1) is 11.3 Å². The molecule has 0 unspecified atom stereocenters. The molecule has 5 nitrogen and oxygen atoms in total. The summed E-state index contributed by atoms with van der Waals surface area (Å²) in [4.78, 5) is 17.4. The van der Waals surface area contributed by atoms with Crippen molar-refractivity contribution in [3.05, 3.63) is 39.9 Å². The van der Waals surface area contributed by atoms with Crippen molar-refractivity contribution in [1.29, 1.82) is 0 Å². The number of halogens is 1. The number of amides is 1. The van der Waals surface area contributed by atoms with Crippen molar-refractivity contribution in [2.24, 2.45) is 0 Å². The Morgan fingerprint density at radius 3 is 2.91 bits per heavy atom. The van der Waals surface area contributed by atoms with Gasteiger partial charge in [-0.05, 0) is 19.1 Å². The number of carbonyl (C=O) groups excluding carboxylic acids is 1. The summed E-state index contributed by atoms with van der Waals surface area (Å²) in [6, 6.07) is 7.47. The minimum absolute atomic E-state index is 0.0955. The second-order valence-corrected chi connectivity index (χ2v) is 6.38. The van der Waals surface area contributed by atoms with Crippen molar-refractivity contribution in [2.75, 3.05) is 33.4 Å². The van der Waals surface area contributed by atoms with Crippen LogP contribution in [0.2, 0.25) is 5.02 Å². The number of hydrogen-bond donors (Lipinski definition) is 2. The van der Waals surface area contributed by atoms with Gasteiger partial charge in [-0.2, -0.15) is 0 Å². The van der Waals surface area contributed by atoms with E-state index in [0.29, 0.717) is 29.6 Å². The topological polar surface area (TPSA) is 63.2 Å². The Kier molecular flexibility index (Phi) is 6.98. The fourth-order valence-corrected chi connectivity index (χ4v) is 3.17. The molecule has 0 saturated heterocycles. The first-order valence-corrected chi connectivity index (χ1v) is 8.52. The summed E-state index contributed by atoms with van der Waals surface area (Å²) in [5.74, 6) is -0.0955. The molecule has 0 aliphatic carbocycles. The molecule has 0 bridgehead atoms. The van der Waals surface area contributed by atoms with E-state index < -0.39 is 0 Å². The Bertz CT molecular complexity index is 661. The molecule has 2 aromatic rings. The van der Waals surface area contributed by atoms with Crippen LogP contribution in [0.25, 0.3) is 10.6 Å². The van der Waals surface area contributed by atoms with E-state index in [9.17, 15) is 4.79 Å². The lowest BCUT2D eigenvalue weighted by Gasteiger charge is -2.05. The molecule has 124 valence electrons. The van der Waals surface area contributed by atoms with Gasteiger partial charge in [-0.1, -0.05) is 23.7 Å². The van der Waals surface area contributed by atoms with Crippen molar-refractivity contribution in [3.8, 4) is 10.6 Å². The van der Waals surface area contributed by atoms with E-state index in [0.717, 1.165) is 22.8 Å². The lowest BCUT2D eigenvalue weighted by Crippen LogP contribution is -2.33. The number of carbonyl (C=O) groups is 1. The molecule has 0 radical (unpaired) electrons. The number of aromatic nitrogens is 1. The van der Waals surface area contributed by atoms with E-state index >= 15 is 0 Å². The highest BCUT2D eigenvalue weighted by atomic mass is 35.5. The summed E-state index contributed by atoms with van der Waals surface area (Å²) in [5, 5.41) is 7.53. The van der Waals surface area contributed by atoms with Gasteiger partial charge in [0.25, 0.3) is 5.91 Å². The summed E-state index contributed by atoms with van der Waals surface area (Å²) in [6.07, 6.45) is 0. The molecule has 7 heteroatoms. The normalized spacial score (nSPS) is 10.7. The van der Waals surface area contributed by atoms with Crippen LogP contribution >= 0.6 is 22.9 Å². The molecule has 1 aromatic carbocycles. The Morgan fingerprint density at radius 2 is 2.17 bits per heavy atom. The summed E-state index contributed by atoms with van der Waals surface area (Å²) in [6.45, 7) is 4.53. The molecule has 1 aromatic heterocycles. The van der Waals surface area contributed by atoms with Crippen LogP contribution in [-0.2, 0) is 4.74 Å². The van der Waals surface area contributed by atoms with Crippen LogP contribution in [0.5, 0.6) is 0 Å². The summed E-state index contributed by atoms with van der Waals surface area (Å²) in [7, 11) is 1.66. The zero-order valence-corrected chi connectivity index (χ0v) is 14.8. The van der Waals surface area contributed by atoms with Gasteiger partial charge in [0, 0.05) is 37.3 Å². The number of thiazole rings is 1. The quantitative estimate of drug-likeness (QED) is 0.716. The molecule has 0 atom stereocenters. The molecule has 0 spiro atoms. The Hall–Kier alpha value is -1.47. The van der Waals surface area contributed by atoms with Crippen LogP contribution in [0.3, 0.4) is 0 Å². The van der Waals surface area contributed by atoms with Gasteiger partial charge in [0.05, 0.1) is 12.3 Å². The number of ether oxygens (including phenoxy) is 1. The monoisotopic (exact) mass is 353 g/mol. The number of nitrogens with one attached hydrogen (secondary N) is 2. The summed E-state index contributed by atoms with van der Waals surface area (Å²) < 4.78 is 4.94. The van der Waals surface area contributed by atoms with Gasteiger partial charge in [0.1, 0.15) is 9.88 Å². The van der Waals surface area contributed by atoms with Crippen molar-refractivity contribution < 1.29 is 9.53 Å². The lowest BCUT2D eigenvalue weighted by molar-refractivity contribution is 0.0957. The zero-order valence-electron chi connectivity index (χ0n) is 13.2. The Labute approximate surface area is 145 Å². The van der Waals surface area contributed by atoms with Gasteiger partial charge in [0.15, 0.2) is 0 Å². The predicted octanol–water partition coefficient (Wildman–Crippen LogP) is 2.74. The van der Waals surface area contributed by atoms with Gasteiger partial charge < -0.3 is 15.4 Å². The first-order chi connectivity index (χ1) is 11.1. The number of benzene rings is 1. The van der Waals surface area contributed by atoms with Crippen LogP contribution in [-0.4, -0.2) is 44.2 Å².